The molecule has 45 heavy (non-hydrogen) atoms. The maximum Gasteiger partial charge on any atom is 0.417 e. The Hall–Kier alpha value is -3.28. The molecule has 0 aliphatic heterocycles. The van der Waals surface area contributed by atoms with Gasteiger partial charge in [-0.15, -0.1) is 0 Å². The van der Waals surface area contributed by atoms with Crippen LogP contribution in [0.3, 0.4) is 0 Å². The molecule has 1 aliphatic carbocycles. The maximum atomic E-state index is 14.1. The summed E-state index contributed by atoms with van der Waals surface area (Å²) in [6.07, 6.45) is -0.244. The molecule has 2 amide bonds. The van der Waals surface area contributed by atoms with Gasteiger partial charge in [-0.2, -0.15) is 13.2 Å². The van der Waals surface area contributed by atoms with Crippen molar-refractivity contribution in [3.05, 3.63) is 93.5 Å². The van der Waals surface area contributed by atoms with Crippen molar-refractivity contribution in [2.75, 3.05) is 10.8 Å². The molecule has 4 rings (SSSR count). The molecule has 0 radical (unpaired) electrons. The van der Waals surface area contributed by atoms with E-state index in [-0.39, 0.29) is 17.5 Å². The average Bonchev–Trinajstić information content (AvgIpc) is 2.99. The highest BCUT2D eigenvalue weighted by Crippen LogP contribution is 2.38. The first-order valence-electron chi connectivity index (χ1n) is 14.5. The van der Waals surface area contributed by atoms with Crippen molar-refractivity contribution in [2.24, 2.45) is 0 Å². The molecule has 13 heteroatoms. The molecule has 3 aromatic carbocycles. The number of sulfonamides is 1. The zero-order valence-electron chi connectivity index (χ0n) is 24.8. The third kappa shape index (κ3) is 8.71. The van der Waals surface area contributed by atoms with Crippen LogP contribution in [-0.2, 0) is 32.3 Å². The van der Waals surface area contributed by atoms with Gasteiger partial charge in [0.1, 0.15) is 12.6 Å². The third-order valence-electron chi connectivity index (χ3n) is 7.82. The van der Waals surface area contributed by atoms with Gasteiger partial charge in [0.05, 0.1) is 21.2 Å². The van der Waals surface area contributed by atoms with Crippen LogP contribution in [0.25, 0.3) is 0 Å². The van der Waals surface area contributed by atoms with Gasteiger partial charge in [0.15, 0.2) is 0 Å². The average molecular weight is 685 g/mol. The molecule has 7 nitrogen and oxygen atoms in total. The first-order chi connectivity index (χ1) is 21.2. The minimum Gasteiger partial charge on any atom is -0.352 e. The second-order valence-corrected chi connectivity index (χ2v) is 13.9. The molecule has 0 aromatic heterocycles. The van der Waals surface area contributed by atoms with Crippen molar-refractivity contribution in [3.63, 3.8) is 0 Å². The fourth-order valence-electron chi connectivity index (χ4n) is 5.19. The molecule has 0 heterocycles. The summed E-state index contributed by atoms with van der Waals surface area (Å²) in [6.45, 7) is 2.32. The minimum atomic E-state index is -4.89. The molecule has 1 atom stereocenters. The van der Waals surface area contributed by atoms with Crippen molar-refractivity contribution < 1.29 is 31.2 Å². The predicted octanol–water partition coefficient (Wildman–Crippen LogP) is 7.38. The monoisotopic (exact) mass is 683 g/mol. The molecule has 1 aliphatic rings. The second kappa shape index (κ2) is 14.4. The van der Waals surface area contributed by atoms with E-state index < -0.39 is 56.9 Å². The lowest BCUT2D eigenvalue weighted by Gasteiger charge is -2.33. The number of aryl methyl sites for hydroxylation is 1. The quantitative estimate of drug-likeness (QED) is 0.242. The van der Waals surface area contributed by atoms with E-state index >= 15 is 0 Å². The Morgan fingerprint density at radius 1 is 0.956 bits per heavy atom. The van der Waals surface area contributed by atoms with Crippen LogP contribution in [0.15, 0.2) is 71.6 Å². The van der Waals surface area contributed by atoms with Crippen LogP contribution in [0.4, 0.5) is 18.9 Å². The van der Waals surface area contributed by atoms with Crippen LogP contribution in [0.2, 0.25) is 10.0 Å². The maximum absolute atomic E-state index is 14.1. The van der Waals surface area contributed by atoms with Crippen LogP contribution in [0.5, 0.6) is 0 Å². The summed E-state index contributed by atoms with van der Waals surface area (Å²) in [7, 11) is -4.56. The predicted molar refractivity (Wildman–Crippen MR) is 169 cm³/mol. The molecule has 0 bridgehead atoms. The standard InChI is InChI=1S/C32H34Cl2F3N3O4S/c1-21-8-15-27(16-9-21)45(43,44)40(26-14-17-29(34)28(18-26)32(35,36)37)20-30(41)39(19-23-10-12-24(33)13-11-23)22(2)31(42)38-25-6-4-3-5-7-25/h8-18,22,25H,3-7,19-20H2,1-2H3,(H,38,42)/t22-/m1/s1. The van der Waals surface area contributed by atoms with Crippen LogP contribution in [0.1, 0.15) is 55.7 Å². The highest BCUT2D eigenvalue weighted by Gasteiger charge is 2.37. The van der Waals surface area contributed by atoms with Gasteiger partial charge in [-0.1, -0.05) is 72.3 Å². The Labute approximate surface area is 271 Å². The van der Waals surface area contributed by atoms with E-state index in [0.29, 0.717) is 21.0 Å². The highest BCUT2D eigenvalue weighted by atomic mass is 35.5. The molecule has 1 saturated carbocycles. The van der Waals surface area contributed by atoms with Crippen LogP contribution in [0, 0.1) is 6.92 Å². The Morgan fingerprint density at radius 3 is 2.18 bits per heavy atom. The number of hydrogen-bond donors (Lipinski definition) is 1. The largest absolute Gasteiger partial charge is 0.417 e. The highest BCUT2D eigenvalue weighted by molar-refractivity contribution is 7.92. The van der Waals surface area contributed by atoms with Crippen molar-refractivity contribution in [2.45, 2.75) is 75.7 Å². The molecular formula is C32H34Cl2F3N3O4S. The van der Waals surface area contributed by atoms with E-state index in [1.54, 1.807) is 43.3 Å². The third-order valence-corrected chi connectivity index (χ3v) is 10.2. The van der Waals surface area contributed by atoms with Gasteiger partial charge in [-0.05, 0) is 74.7 Å². The first kappa shape index (κ1) is 34.6. The fraction of sp³-hybridized carbons (Fsp3) is 0.375. The number of amides is 2. The molecule has 1 N–H and O–H groups in total. The number of nitrogens with one attached hydrogen (secondary N) is 1. The van der Waals surface area contributed by atoms with Crippen molar-refractivity contribution in [1.82, 2.24) is 10.2 Å². The van der Waals surface area contributed by atoms with Crippen LogP contribution < -0.4 is 9.62 Å². The molecule has 0 unspecified atom stereocenters. The smallest absolute Gasteiger partial charge is 0.352 e. The van der Waals surface area contributed by atoms with Crippen molar-refractivity contribution in [1.29, 1.82) is 0 Å². The second-order valence-electron chi connectivity index (χ2n) is 11.2. The zero-order valence-corrected chi connectivity index (χ0v) is 27.1. The van der Waals surface area contributed by atoms with Gasteiger partial charge in [-0.3, -0.25) is 13.9 Å². The summed E-state index contributed by atoms with van der Waals surface area (Å²) < 4.78 is 70.0. The SMILES string of the molecule is Cc1ccc(S(=O)(=O)N(CC(=O)N(Cc2ccc(Cl)cc2)[C@H](C)C(=O)NC2CCCCC2)c2ccc(Cl)c(C(F)(F)F)c2)cc1. The van der Waals surface area contributed by atoms with Crippen molar-refractivity contribution in [3.8, 4) is 0 Å². The number of alkyl halides is 3. The summed E-state index contributed by atoms with van der Waals surface area (Å²) in [5.41, 5.74) is -0.291. The Kier molecular flexibility index (Phi) is 11.1. The summed E-state index contributed by atoms with van der Waals surface area (Å²) in [5.74, 6) is -1.21. The van der Waals surface area contributed by atoms with Gasteiger partial charge in [0.25, 0.3) is 10.0 Å². The number of benzene rings is 3. The van der Waals surface area contributed by atoms with Crippen LogP contribution >= 0.6 is 23.2 Å². The molecule has 1 fully saturated rings. The fourth-order valence-corrected chi connectivity index (χ4v) is 6.95. The van der Waals surface area contributed by atoms with Crippen molar-refractivity contribution >= 4 is 50.7 Å². The normalized spacial score (nSPS) is 14.9. The van der Waals surface area contributed by atoms with E-state index in [1.165, 1.54) is 24.0 Å². The summed E-state index contributed by atoms with van der Waals surface area (Å²) in [6, 6.07) is 13.9. The number of nitrogens with zero attached hydrogens (tertiary/aromatic N) is 2. The number of hydrogen-bond acceptors (Lipinski definition) is 4. The Morgan fingerprint density at radius 2 is 1.58 bits per heavy atom. The van der Waals surface area contributed by atoms with Gasteiger partial charge in [0.2, 0.25) is 11.8 Å². The topological polar surface area (TPSA) is 86.8 Å². The number of carbonyl (C=O) groups is 2. The minimum absolute atomic E-state index is 0.0468. The van der Waals surface area contributed by atoms with E-state index in [0.717, 1.165) is 49.8 Å². The van der Waals surface area contributed by atoms with Gasteiger partial charge >= 0.3 is 6.18 Å². The summed E-state index contributed by atoms with van der Waals surface area (Å²) in [5, 5.41) is 2.83. The van der Waals surface area contributed by atoms with E-state index in [2.05, 4.69) is 5.32 Å². The zero-order chi connectivity index (χ0) is 32.9. The van der Waals surface area contributed by atoms with E-state index in [9.17, 15) is 31.2 Å². The number of carbonyl (C=O) groups excluding carboxylic acids is 2. The van der Waals surface area contributed by atoms with E-state index in [1.807, 2.05) is 0 Å². The molecule has 0 spiro atoms. The van der Waals surface area contributed by atoms with Gasteiger partial charge in [-0.25, -0.2) is 8.42 Å². The lowest BCUT2D eigenvalue weighted by Crippen LogP contribution is -2.53. The van der Waals surface area contributed by atoms with E-state index in [4.69, 9.17) is 23.2 Å². The van der Waals surface area contributed by atoms with Gasteiger partial charge < -0.3 is 10.2 Å². The number of halogens is 5. The molecular weight excluding hydrogens is 650 g/mol. The summed E-state index contributed by atoms with van der Waals surface area (Å²) >= 11 is 11.9. The number of anilines is 1. The Balaban J connectivity index is 1.74. The number of rotatable bonds is 10. The Bertz CT molecular complexity index is 1610. The molecule has 3 aromatic rings. The molecule has 0 saturated heterocycles. The lowest BCUT2D eigenvalue weighted by atomic mass is 9.95. The lowest BCUT2D eigenvalue weighted by molar-refractivity contribution is -0.139. The first-order valence-corrected chi connectivity index (χ1v) is 16.7. The summed E-state index contributed by atoms with van der Waals surface area (Å²) in [4.78, 5) is 28.5. The van der Waals surface area contributed by atoms with Crippen LogP contribution in [-0.4, -0.2) is 43.8 Å². The molecule has 242 valence electrons. The van der Waals surface area contributed by atoms with Gasteiger partial charge in [0, 0.05) is 17.6 Å².